The van der Waals surface area contributed by atoms with Crippen molar-refractivity contribution in [1.82, 2.24) is 20.2 Å². The zero-order valence-corrected chi connectivity index (χ0v) is 15.0. The van der Waals surface area contributed by atoms with Gasteiger partial charge >= 0.3 is 6.09 Å². The van der Waals surface area contributed by atoms with E-state index < -0.39 is 5.60 Å². The van der Waals surface area contributed by atoms with Gasteiger partial charge in [-0.15, -0.1) is 0 Å². The van der Waals surface area contributed by atoms with Crippen LogP contribution in [0.1, 0.15) is 53.3 Å². The third-order valence-electron chi connectivity index (χ3n) is 4.27. The molecule has 1 fully saturated rings. The van der Waals surface area contributed by atoms with E-state index in [1.165, 1.54) is 12.8 Å². The number of aryl methyl sites for hydroxylation is 1. The van der Waals surface area contributed by atoms with Crippen molar-refractivity contribution in [2.45, 2.75) is 71.7 Å². The van der Waals surface area contributed by atoms with Crippen LogP contribution in [0.2, 0.25) is 0 Å². The second kappa shape index (κ2) is 6.91. The van der Waals surface area contributed by atoms with Gasteiger partial charge < -0.3 is 19.9 Å². The van der Waals surface area contributed by atoms with Gasteiger partial charge in [0.2, 0.25) is 0 Å². The predicted molar refractivity (Wildman–Crippen MR) is 90.1 cm³/mol. The van der Waals surface area contributed by atoms with Crippen molar-refractivity contribution in [2.75, 3.05) is 6.54 Å². The molecule has 1 aromatic rings. The number of amides is 1. The molecule has 2 rings (SSSR count). The standard InChI is InChI=1S/C17H30N4O2/c1-6-21-10-9-18-14(21)11-20-17(5,13-7-8-13)12-19-15(22)23-16(2,3)4/h9-10,13,20H,6-8,11-12H2,1-5H3,(H,19,22). The van der Waals surface area contributed by atoms with Gasteiger partial charge in [-0.3, -0.25) is 0 Å². The van der Waals surface area contributed by atoms with Crippen LogP contribution in [0.4, 0.5) is 4.79 Å². The largest absolute Gasteiger partial charge is 0.444 e. The van der Waals surface area contributed by atoms with E-state index in [0.717, 1.165) is 12.4 Å². The van der Waals surface area contributed by atoms with Gasteiger partial charge in [-0.1, -0.05) is 0 Å². The number of nitrogens with one attached hydrogen (secondary N) is 2. The number of alkyl carbamates (subject to hydrolysis) is 1. The molecule has 1 atom stereocenters. The summed E-state index contributed by atoms with van der Waals surface area (Å²) in [6.45, 7) is 12.0. The van der Waals surface area contributed by atoms with Crippen LogP contribution < -0.4 is 10.6 Å². The Bertz CT molecular complexity index is 531. The average molecular weight is 322 g/mol. The smallest absolute Gasteiger partial charge is 0.407 e. The van der Waals surface area contributed by atoms with E-state index in [4.69, 9.17) is 4.74 Å². The maximum absolute atomic E-state index is 11.9. The summed E-state index contributed by atoms with van der Waals surface area (Å²) >= 11 is 0. The molecule has 1 aliphatic rings. The Morgan fingerprint density at radius 3 is 2.65 bits per heavy atom. The molecule has 0 bridgehead atoms. The summed E-state index contributed by atoms with van der Waals surface area (Å²) in [5, 5.41) is 6.51. The van der Waals surface area contributed by atoms with Crippen molar-refractivity contribution >= 4 is 6.09 Å². The van der Waals surface area contributed by atoms with Gasteiger partial charge in [0.25, 0.3) is 0 Å². The molecule has 1 heterocycles. The molecule has 0 saturated heterocycles. The van der Waals surface area contributed by atoms with Crippen molar-refractivity contribution < 1.29 is 9.53 Å². The van der Waals surface area contributed by atoms with E-state index in [-0.39, 0.29) is 11.6 Å². The quantitative estimate of drug-likeness (QED) is 0.810. The van der Waals surface area contributed by atoms with E-state index in [1.54, 1.807) is 0 Å². The first-order valence-corrected chi connectivity index (χ1v) is 8.45. The number of ether oxygens (including phenoxy) is 1. The Morgan fingerprint density at radius 2 is 2.09 bits per heavy atom. The van der Waals surface area contributed by atoms with E-state index in [0.29, 0.717) is 19.0 Å². The van der Waals surface area contributed by atoms with Crippen LogP contribution in [0.15, 0.2) is 12.4 Å². The molecule has 2 N–H and O–H groups in total. The highest BCUT2D eigenvalue weighted by Crippen LogP contribution is 2.39. The van der Waals surface area contributed by atoms with Gasteiger partial charge in [0.05, 0.1) is 6.54 Å². The lowest BCUT2D eigenvalue weighted by molar-refractivity contribution is 0.0507. The van der Waals surface area contributed by atoms with Crippen LogP contribution in [0.3, 0.4) is 0 Å². The molecule has 1 amide bonds. The van der Waals surface area contributed by atoms with E-state index in [1.807, 2.05) is 33.2 Å². The van der Waals surface area contributed by atoms with Gasteiger partial charge in [-0.2, -0.15) is 0 Å². The fraction of sp³-hybridized carbons (Fsp3) is 0.765. The number of rotatable bonds is 7. The van der Waals surface area contributed by atoms with Gasteiger partial charge in [0.15, 0.2) is 0 Å². The highest BCUT2D eigenvalue weighted by atomic mass is 16.6. The fourth-order valence-electron chi connectivity index (χ4n) is 2.72. The minimum absolute atomic E-state index is 0.137. The minimum atomic E-state index is -0.473. The van der Waals surface area contributed by atoms with Crippen molar-refractivity contribution in [3.8, 4) is 0 Å². The van der Waals surface area contributed by atoms with Gasteiger partial charge in [0, 0.05) is 31.0 Å². The van der Waals surface area contributed by atoms with Crippen molar-refractivity contribution in [3.63, 3.8) is 0 Å². The van der Waals surface area contributed by atoms with E-state index >= 15 is 0 Å². The van der Waals surface area contributed by atoms with E-state index in [2.05, 4.69) is 34.0 Å². The van der Waals surface area contributed by atoms with Crippen LogP contribution in [0, 0.1) is 5.92 Å². The summed E-state index contributed by atoms with van der Waals surface area (Å²) in [4.78, 5) is 16.3. The number of hydrogen-bond donors (Lipinski definition) is 2. The second-order valence-corrected chi connectivity index (χ2v) is 7.53. The van der Waals surface area contributed by atoms with Crippen LogP contribution in [-0.2, 0) is 17.8 Å². The summed E-state index contributed by atoms with van der Waals surface area (Å²) in [6, 6.07) is 0. The SMILES string of the molecule is CCn1ccnc1CNC(C)(CNC(=O)OC(C)(C)C)C1CC1. The molecule has 0 aliphatic heterocycles. The molecular formula is C17H30N4O2. The van der Waals surface area contributed by atoms with Crippen molar-refractivity contribution in [2.24, 2.45) is 5.92 Å². The summed E-state index contributed by atoms with van der Waals surface area (Å²) in [7, 11) is 0. The molecule has 6 nitrogen and oxygen atoms in total. The third kappa shape index (κ3) is 5.23. The lowest BCUT2D eigenvalue weighted by atomic mass is 9.95. The number of hydrogen-bond acceptors (Lipinski definition) is 4. The Hall–Kier alpha value is -1.56. The lowest BCUT2D eigenvalue weighted by Gasteiger charge is -2.32. The van der Waals surface area contributed by atoms with Crippen LogP contribution in [-0.4, -0.2) is 33.3 Å². The number of carbonyl (C=O) groups is 1. The second-order valence-electron chi connectivity index (χ2n) is 7.53. The topological polar surface area (TPSA) is 68.2 Å². The molecule has 0 radical (unpaired) electrons. The van der Waals surface area contributed by atoms with Crippen LogP contribution in [0.5, 0.6) is 0 Å². The number of carbonyl (C=O) groups excluding carboxylic acids is 1. The predicted octanol–water partition coefficient (Wildman–Crippen LogP) is 2.69. The monoisotopic (exact) mass is 322 g/mol. The molecule has 1 unspecified atom stereocenters. The highest BCUT2D eigenvalue weighted by Gasteiger charge is 2.41. The zero-order valence-electron chi connectivity index (χ0n) is 15.0. The minimum Gasteiger partial charge on any atom is -0.444 e. The van der Waals surface area contributed by atoms with Gasteiger partial charge in [-0.05, 0) is 53.4 Å². The summed E-state index contributed by atoms with van der Waals surface area (Å²) < 4.78 is 7.45. The van der Waals surface area contributed by atoms with Crippen molar-refractivity contribution in [1.29, 1.82) is 0 Å². The normalized spacial score (nSPS) is 17.6. The zero-order chi connectivity index (χ0) is 17.1. The van der Waals surface area contributed by atoms with Crippen LogP contribution in [0.25, 0.3) is 0 Å². The first-order valence-electron chi connectivity index (χ1n) is 8.45. The molecule has 1 aliphatic carbocycles. The number of aromatic nitrogens is 2. The average Bonchev–Trinajstić information content (AvgIpc) is 3.21. The fourth-order valence-corrected chi connectivity index (χ4v) is 2.72. The van der Waals surface area contributed by atoms with Gasteiger partial charge in [0.1, 0.15) is 11.4 Å². The Kier molecular flexibility index (Phi) is 5.34. The Morgan fingerprint density at radius 1 is 1.39 bits per heavy atom. The first-order chi connectivity index (χ1) is 10.7. The maximum atomic E-state index is 11.9. The molecule has 0 spiro atoms. The van der Waals surface area contributed by atoms with Crippen molar-refractivity contribution in [3.05, 3.63) is 18.2 Å². The molecule has 23 heavy (non-hydrogen) atoms. The van der Waals surface area contributed by atoms with Gasteiger partial charge in [-0.25, -0.2) is 9.78 Å². The van der Waals surface area contributed by atoms with E-state index in [9.17, 15) is 4.79 Å². The summed E-state index contributed by atoms with van der Waals surface area (Å²) in [5.41, 5.74) is -0.610. The van der Waals surface area contributed by atoms with Crippen LogP contribution >= 0.6 is 0 Å². The summed E-state index contributed by atoms with van der Waals surface area (Å²) in [5.74, 6) is 1.61. The number of nitrogens with zero attached hydrogens (tertiary/aromatic N) is 2. The summed E-state index contributed by atoms with van der Waals surface area (Å²) in [6.07, 6.45) is 5.85. The molecule has 130 valence electrons. The molecule has 1 aromatic heterocycles. The number of imidazole rings is 1. The molecule has 0 aromatic carbocycles. The molecule has 1 saturated carbocycles. The molecule has 6 heteroatoms. The Balaban J connectivity index is 1.90. The highest BCUT2D eigenvalue weighted by molar-refractivity contribution is 5.67. The first kappa shape index (κ1) is 17.8. The maximum Gasteiger partial charge on any atom is 0.407 e. The Labute approximate surface area is 139 Å². The lowest BCUT2D eigenvalue weighted by Crippen LogP contribution is -2.53. The third-order valence-corrected chi connectivity index (χ3v) is 4.27. The molecular weight excluding hydrogens is 292 g/mol.